The van der Waals surface area contributed by atoms with Gasteiger partial charge in [0.25, 0.3) is 0 Å². The van der Waals surface area contributed by atoms with Crippen LogP contribution in [0.25, 0.3) is 16.8 Å². The molecular weight excluding hydrogens is 204 g/mol. The van der Waals surface area contributed by atoms with E-state index in [1.54, 1.807) is 23.1 Å². The Kier molecular flexibility index (Phi) is 1.79. The molecular formula is C10H8N6. The number of rotatable bonds is 1. The fourth-order valence-corrected chi connectivity index (χ4v) is 1.58. The van der Waals surface area contributed by atoms with Gasteiger partial charge in [-0.2, -0.15) is 10.2 Å². The molecule has 6 heteroatoms. The molecule has 0 aliphatic rings. The van der Waals surface area contributed by atoms with Crippen molar-refractivity contribution in [3.8, 4) is 11.3 Å². The van der Waals surface area contributed by atoms with E-state index in [1.807, 2.05) is 18.2 Å². The maximum atomic E-state index is 5.56. The van der Waals surface area contributed by atoms with E-state index in [-0.39, 0.29) is 5.95 Å². The second-order valence-electron chi connectivity index (χ2n) is 3.30. The van der Waals surface area contributed by atoms with Gasteiger partial charge in [0.05, 0.1) is 29.8 Å². The summed E-state index contributed by atoms with van der Waals surface area (Å²) in [6.45, 7) is 0. The van der Waals surface area contributed by atoms with Gasteiger partial charge in [0.15, 0.2) is 0 Å². The number of nitrogens with zero attached hydrogens (tertiary/aromatic N) is 5. The second-order valence-corrected chi connectivity index (χ2v) is 3.30. The summed E-state index contributed by atoms with van der Waals surface area (Å²) in [5, 5.41) is 11.7. The highest BCUT2D eigenvalue weighted by molar-refractivity contribution is 5.65. The van der Waals surface area contributed by atoms with E-state index in [2.05, 4.69) is 20.3 Å². The standard InChI is InChI=1S/C10H8N6/c11-10-12-6-8-1-2-9(16(8)15-10)7-3-4-13-14-5-7/h1-6H,(H2,11,15). The van der Waals surface area contributed by atoms with Crippen LogP contribution in [-0.4, -0.2) is 24.8 Å². The Balaban J connectivity index is 2.29. The van der Waals surface area contributed by atoms with Crippen molar-refractivity contribution in [2.75, 3.05) is 5.73 Å². The van der Waals surface area contributed by atoms with E-state index in [0.29, 0.717) is 0 Å². The van der Waals surface area contributed by atoms with Crippen molar-refractivity contribution < 1.29 is 0 Å². The highest BCUT2D eigenvalue weighted by Crippen LogP contribution is 2.19. The van der Waals surface area contributed by atoms with Crippen LogP contribution in [0.1, 0.15) is 0 Å². The normalized spacial score (nSPS) is 10.8. The molecule has 0 bridgehead atoms. The van der Waals surface area contributed by atoms with Crippen LogP contribution < -0.4 is 5.73 Å². The lowest BCUT2D eigenvalue weighted by Crippen LogP contribution is -2.01. The van der Waals surface area contributed by atoms with Crippen LogP contribution in [0.2, 0.25) is 0 Å². The molecule has 0 aliphatic heterocycles. The summed E-state index contributed by atoms with van der Waals surface area (Å²) in [6.07, 6.45) is 5.00. The molecule has 3 rings (SSSR count). The molecule has 0 spiro atoms. The molecule has 6 nitrogen and oxygen atoms in total. The molecule has 3 aromatic rings. The third kappa shape index (κ3) is 1.28. The summed E-state index contributed by atoms with van der Waals surface area (Å²) >= 11 is 0. The number of hydrogen-bond acceptors (Lipinski definition) is 5. The van der Waals surface area contributed by atoms with E-state index in [0.717, 1.165) is 16.8 Å². The van der Waals surface area contributed by atoms with Gasteiger partial charge in [-0.1, -0.05) is 0 Å². The maximum absolute atomic E-state index is 5.56. The predicted molar refractivity (Wildman–Crippen MR) is 58.4 cm³/mol. The number of aromatic nitrogens is 5. The van der Waals surface area contributed by atoms with Gasteiger partial charge in [-0.3, -0.25) is 0 Å². The Morgan fingerprint density at radius 3 is 2.81 bits per heavy atom. The van der Waals surface area contributed by atoms with Crippen molar-refractivity contribution in [3.63, 3.8) is 0 Å². The van der Waals surface area contributed by atoms with Crippen LogP contribution in [-0.2, 0) is 0 Å². The van der Waals surface area contributed by atoms with Crippen molar-refractivity contribution in [2.24, 2.45) is 0 Å². The zero-order valence-corrected chi connectivity index (χ0v) is 8.28. The minimum atomic E-state index is 0.243. The van der Waals surface area contributed by atoms with Gasteiger partial charge in [0.2, 0.25) is 5.95 Å². The largest absolute Gasteiger partial charge is 0.367 e. The quantitative estimate of drug-likeness (QED) is 0.644. The van der Waals surface area contributed by atoms with Crippen molar-refractivity contribution in [3.05, 3.63) is 36.8 Å². The van der Waals surface area contributed by atoms with E-state index < -0.39 is 0 Å². The number of nitrogens with two attached hydrogens (primary N) is 1. The average Bonchev–Trinajstić information content (AvgIpc) is 2.73. The minimum Gasteiger partial charge on any atom is -0.367 e. The van der Waals surface area contributed by atoms with E-state index >= 15 is 0 Å². The Bertz CT molecular complexity index is 630. The molecule has 78 valence electrons. The average molecular weight is 212 g/mol. The van der Waals surface area contributed by atoms with Crippen LogP contribution in [0.4, 0.5) is 5.95 Å². The third-order valence-electron chi connectivity index (χ3n) is 2.30. The third-order valence-corrected chi connectivity index (χ3v) is 2.30. The molecule has 0 saturated carbocycles. The van der Waals surface area contributed by atoms with Gasteiger partial charge in [-0.05, 0) is 18.2 Å². The Hall–Kier alpha value is -2.50. The van der Waals surface area contributed by atoms with Gasteiger partial charge >= 0.3 is 0 Å². The number of nitrogen functional groups attached to an aromatic ring is 1. The van der Waals surface area contributed by atoms with Gasteiger partial charge in [-0.25, -0.2) is 9.50 Å². The molecule has 0 fully saturated rings. The number of anilines is 1. The Labute approximate surface area is 90.8 Å². The van der Waals surface area contributed by atoms with E-state index in [9.17, 15) is 0 Å². The van der Waals surface area contributed by atoms with E-state index in [1.165, 1.54) is 0 Å². The summed E-state index contributed by atoms with van der Waals surface area (Å²) in [5.41, 5.74) is 8.30. The fourth-order valence-electron chi connectivity index (χ4n) is 1.58. The molecule has 0 saturated heterocycles. The Morgan fingerprint density at radius 2 is 2.00 bits per heavy atom. The van der Waals surface area contributed by atoms with Crippen LogP contribution in [0.15, 0.2) is 36.8 Å². The monoisotopic (exact) mass is 212 g/mol. The summed E-state index contributed by atoms with van der Waals surface area (Å²) in [6, 6.07) is 5.74. The first-order valence-electron chi connectivity index (χ1n) is 4.72. The minimum absolute atomic E-state index is 0.243. The van der Waals surface area contributed by atoms with Crippen LogP contribution >= 0.6 is 0 Å². The highest BCUT2D eigenvalue weighted by atomic mass is 15.3. The summed E-state index contributed by atoms with van der Waals surface area (Å²) in [5.74, 6) is 0.243. The number of hydrogen-bond donors (Lipinski definition) is 1. The lowest BCUT2D eigenvalue weighted by atomic mass is 10.2. The second kappa shape index (κ2) is 3.27. The molecule has 0 aromatic carbocycles. The van der Waals surface area contributed by atoms with Gasteiger partial charge in [0, 0.05) is 5.56 Å². The summed E-state index contributed by atoms with van der Waals surface area (Å²) in [4.78, 5) is 3.93. The number of fused-ring (bicyclic) bond motifs is 1. The SMILES string of the molecule is Nc1ncc2ccc(-c3ccnnc3)n2n1. The summed E-state index contributed by atoms with van der Waals surface area (Å²) < 4.78 is 1.74. The van der Waals surface area contributed by atoms with Gasteiger partial charge < -0.3 is 5.73 Å². The predicted octanol–water partition coefficient (Wildman–Crippen LogP) is 0.768. The molecule has 16 heavy (non-hydrogen) atoms. The molecule has 3 heterocycles. The van der Waals surface area contributed by atoms with E-state index in [4.69, 9.17) is 5.73 Å². The molecule has 0 atom stereocenters. The molecule has 2 N–H and O–H groups in total. The van der Waals surface area contributed by atoms with Crippen molar-refractivity contribution in [1.29, 1.82) is 0 Å². The first-order valence-corrected chi connectivity index (χ1v) is 4.72. The lowest BCUT2D eigenvalue weighted by molar-refractivity contribution is 0.920. The van der Waals surface area contributed by atoms with Gasteiger partial charge in [0.1, 0.15) is 0 Å². The Morgan fingerprint density at radius 1 is 1.06 bits per heavy atom. The molecule has 0 aliphatic carbocycles. The first-order chi connectivity index (χ1) is 7.84. The maximum Gasteiger partial charge on any atom is 0.238 e. The zero-order chi connectivity index (χ0) is 11.0. The molecule has 0 radical (unpaired) electrons. The zero-order valence-electron chi connectivity index (χ0n) is 8.28. The van der Waals surface area contributed by atoms with Gasteiger partial charge in [-0.15, -0.1) is 5.10 Å². The molecule has 3 aromatic heterocycles. The summed E-state index contributed by atoms with van der Waals surface area (Å²) in [7, 11) is 0. The molecule has 0 unspecified atom stereocenters. The van der Waals surface area contributed by atoms with Crippen molar-refractivity contribution >= 4 is 11.5 Å². The molecule has 0 amide bonds. The van der Waals surface area contributed by atoms with Crippen LogP contribution in [0, 0.1) is 0 Å². The first kappa shape index (κ1) is 8.78. The fraction of sp³-hybridized carbons (Fsp3) is 0. The van der Waals surface area contributed by atoms with Crippen molar-refractivity contribution in [1.82, 2.24) is 24.8 Å². The smallest absolute Gasteiger partial charge is 0.238 e. The highest BCUT2D eigenvalue weighted by Gasteiger charge is 2.06. The van der Waals surface area contributed by atoms with Crippen LogP contribution in [0.3, 0.4) is 0 Å². The lowest BCUT2D eigenvalue weighted by Gasteiger charge is -2.01. The topological polar surface area (TPSA) is 82.0 Å². The van der Waals surface area contributed by atoms with Crippen LogP contribution in [0.5, 0.6) is 0 Å². The van der Waals surface area contributed by atoms with Crippen molar-refractivity contribution in [2.45, 2.75) is 0 Å².